The van der Waals surface area contributed by atoms with Gasteiger partial charge in [-0.05, 0) is 18.2 Å². The van der Waals surface area contributed by atoms with Crippen molar-refractivity contribution in [2.24, 2.45) is 0 Å². The largest absolute Gasteiger partial charge is 0.432 e. The van der Waals surface area contributed by atoms with Gasteiger partial charge in [-0.1, -0.05) is 12.6 Å². The van der Waals surface area contributed by atoms with E-state index in [9.17, 15) is 8.42 Å². The summed E-state index contributed by atoms with van der Waals surface area (Å²) < 4.78 is 35.3. The molecule has 0 fully saturated rings. The van der Waals surface area contributed by atoms with Crippen LogP contribution in [0.4, 0.5) is 0 Å². The molecule has 0 saturated heterocycles. The van der Waals surface area contributed by atoms with Crippen LogP contribution >= 0.6 is 12.6 Å². The molecule has 7 heteroatoms. The SMILES string of the molecule is O=S(=O)(O)c1ccc2oc(S)nc2c1. The Bertz CT molecular complexity index is 587. The molecular weight excluding hydrogens is 226 g/mol. The van der Waals surface area contributed by atoms with Gasteiger partial charge in [0, 0.05) is 0 Å². The van der Waals surface area contributed by atoms with Gasteiger partial charge in [-0.3, -0.25) is 4.55 Å². The average Bonchev–Trinajstić information content (AvgIpc) is 2.41. The topological polar surface area (TPSA) is 80.4 Å². The molecule has 0 aliphatic heterocycles. The Hall–Kier alpha value is -1.05. The smallest absolute Gasteiger partial charge is 0.294 e. The van der Waals surface area contributed by atoms with Crippen LogP contribution in [0.3, 0.4) is 0 Å². The first kappa shape index (κ1) is 9.50. The van der Waals surface area contributed by atoms with Crippen molar-refractivity contribution < 1.29 is 17.4 Å². The van der Waals surface area contributed by atoms with Crippen molar-refractivity contribution >= 4 is 33.8 Å². The summed E-state index contributed by atoms with van der Waals surface area (Å²) in [6, 6.07) is 3.86. The summed E-state index contributed by atoms with van der Waals surface area (Å²) in [5.74, 6) is 0. The highest BCUT2D eigenvalue weighted by molar-refractivity contribution is 7.85. The number of oxazole rings is 1. The zero-order chi connectivity index (χ0) is 10.3. The minimum Gasteiger partial charge on any atom is -0.432 e. The Morgan fingerprint density at radius 1 is 1.43 bits per heavy atom. The monoisotopic (exact) mass is 231 g/mol. The predicted molar refractivity (Wildman–Crippen MR) is 51.1 cm³/mol. The van der Waals surface area contributed by atoms with Gasteiger partial charge in [-0.2, -0.15) is 8.42 Å². The van der Waals surface area contributed by atoms with E-state index in [1.165, 1.54) is 18.2 Å². The third-order valence-electron chi connectivity index (χ3n) is 1.65. The first-order valence-electron chi connectivity index (χ1n) is 3.54. The predicted octanol–water partition coefficient (Wildman–Crippen LogP) is 1.36. The minimum absolute atomic E-state index is 0.146. The second-order valence-electron chi connectivity index (χ2n) is 2.60. The number of rotatable bonds is 1. The lowest BCUT2D eigenvalue weighted by atomic mass is 10.3. The van der Waals surface area contributed by atoms with Crippen LogP contribution in [0.2, 0.25) is 0 Å². The summed E-state index contributed by atoms with van der Waals surface area (Å²) >= 11 is 3.86. The van der Waals surface area contributed by atoms with Crippen LogP contribution in [0.15, 0.2) is 32.7 Å². The van der Waals surface area contributed by atoms with E-state index in [4.69, 9.17) is 8.97 Å². The molecule has 0 atom stereocenters. The van der Waals surface area contributed by atoms with Crippen LogP contribution in [-0.2, 0) is 10.1 Å². The molecule has 74 valence electrons. The summed E-state index contributed by atoms with van der Waals surface area (Å²) in [4.78, 5) is 3.59. The lowest BCUT2D eigenvalue weighted by molar-refractivity contribution is 0.483. The van der Waals surface area contributed by atoms with Gasteiger partial charge in [-0.15, -0.1) is 0 Å². The second-order valence-corrected chi connectivity index (χ2v) is 4.41. The highest BCUT2D eigenvalue weighted by Crippen LogP contribution is 2.20. The van der Waals surface area contributed by atoms with Gasteiger partial charge in [0.1, 0.15) is 5.52 Å². The Kier molecular flexibility index (Phi) is 2.02. The van der Waals surface area contributed by atoms with Crippen molar-refractivity contribution in [3.8, 4) is 0 Å². The average molecular weight is 231 g/mol. The highest BCUT2D eigenvalue weighted by atomic mass is 32.2. The van der Waals surface area contributed by atoms with Gasteiger partial charge in [0.05, 0.1) is 4.90 Å². The zero-order valence-electron chi connectivity index (χ0n) is 6.71. The van der Waals surface area contributed by atoms with Crippen LogP contribution in [0.1, 0.15) is 0 Å². The third-order valence-corrected chi connectivity index (χ3v) is 2.69. The molecule has 0 spiro atoms. The van der Waals surface area contributed by atoms with Gasteiger partial charge in [0.25, 0.3) is 15.3 Å². The van der Waals surface area contributed by atoms with Crippen molar-refractivity contribution in [3.05, 3.63) is 18.2 Å². The summed E-state index contributed by atoms with van der Waals surface area (Å²) in [7, 11) is -4.19. The maximum Gasteiger partial charge on any atom is 0.294 e. The Morgan fingerprint density at radius 3 is 2.79 bits per heavy atom. The van der Waals surface area contributed by atoms with Gasteiger partial charge >= 0.3 is 0 Å². The lowest BCUT2D eigenvalue weighted by Crippen LogP contribution is -1.97. The standard InChI is InChI=1S/C7H5NO4S2/c9-14(10,11)4-1-2-6-5(3-4)8-7(13)12-6/h1-3H,(H,8,13)(H,9,10,11). The molecule has 0 bridgehead atoms. The molecule has 2 rings (SSSR count). The van der Waals surface area contributed by atoms with Gasteiger partial charge in [0.2, 0.25) is 0 Å². The van der Waals surface area contributed by atoms with Gasteiger partial charge in [0.15, 0.2) is 5.58 Å². The van der Waals surface area contributed by atoms with E-state index in [1.54, 1.807) is 0 Å². The quantitative estimate of drug-likeness (QED) is 0.572. The fraction of sp³-hybridized carbons (Fsp3) is 0. The fourth-order valence-corrected chi connectivity index (χ4v) is 1.76. The number of fused-ring (bicyclic) bond motifs is 1. The first-order chi connectivity index (χ1) is 6.47. The van der Waals surface area contributed by atoms with E-state index in [0.29, 0.717) is 11.1 Å². The molecular formula is C7H5NO4S2. The van der Waals surface area contributed by atoms with Crippen molar-refractivity contribution in [2.45, 2.75) is 10.1 Å². The molecule has 0 amide bonds. The fourth-order valence-electron chi connectivity index (χ4n) is 1.06. The molecule has 5 nitrogen and oxygen atoms in total. The van der Waals surface area contributed by atoms with E-state index in [2.05, 4.69) is 17.6 Å². The second kappa shape index (κ2) is 2.97. The lowest BCUT2D eigenvalue weighted by Gasteiger charge is -1.94. The Balaban J connectivity index is 2.74. The number of nitrogens with zero attached hydrogens (tertiary/aromatic N) is 1. The molecule has 2 aromatic rings. The summed E-state index contributed by atoms with van der Waals surface area (Å²) in [5.41, 5.74) is 0.757. The van der Waals surface area contributed by atoms with Crippen molar-refractivity contribution in [3.63, 3.8) is 0 Å². The van der Waals surface area contributed by atoms with Crippen LogP contribution in [-0.4, -0.2) is 18.0 Å². The van der Waals surface area contributed by atoms with Crippen molar-refractivity contribution in [1.29, 1.82) is 0 Å². The van der Waals surface area contributed by atoms with Crippen LogP contribution in [0.5, 0.6) is 0 Å². The normalized spacial score (nSPS) is 12.1. The van der Waals surface area contributed by atoms with Crippen LogP contribution in [0, 0.1) is 0 Å². The van der Waals surface area contributed by atoms with E-state index in [-0.39, 0.29) is 10.1 Å². The highest BCUT2D eigenvalue weighted by Gasteiger charge is 2.12. The summed E-state index contributed by atoms with van der Waals surface area (Å²) in [6.07, 6.45) is 0. The Morgan fingerprint density at radius 2 is 2.14 bits per heavy atom. The van der Waals surface area contributed by atoms with E-state index in [1.807, 2.05) is 0 Å². The maximum absolute atomic E-state index is 10.8. The molecule has 1 N–H and O–H groups in total. The number of hydrogen-bond donors (Lipinski definition) is 2. The van der Waals surface area contributed by atoms with Gasteiger partial charge in [-0.25, -0.2) is 4.98 Å². The van der Waals surface area contributed by atoms with E-state index in [0.717, 1.165) is 0 Å². The first-order valence-corrected chi connectivity index (χ1v) is 5.42. The molecule has 14 heavy (non-hydrogen) atoms. The zero-order valence-corrected chi connectivity index (χ0v) is 8.42. The molecule has 0 unspecified atom stereocenters. The summed E-state index contributed by atoms with van der Waals surface area (Å²) in [5, 5.41) is 0.146. The number of aromatic nitrogens is 1. The summed E-state index contributed by atoms with van der Waals surface area (Å²) in [6.45, 7) is 0. The molecule has 0 radical (unpaired) electrons. The van der Waals surface area contributed by atoms with E-state index >= 15 is 0 Å². The molecule has 1 aromatic carbocycles. The number of thiol groups is 1. The Labute approximate surface area is 84.9 Å². The van der Waals surface area contributed by atoms with Crippen molar-refractivity contribution in [1.82, 2.24) is 4.98 Å². The molecule has 1 aromatic heterocycles. The number of benzene rings is 1. The maximum atomic E-state index is 10.8. The van der Waals surface area contributed by atoms with Crippen LogP contribution < -0.4 is 0 Å². The number of hydrogen-bond acceptors (Lipinski definition) is 5. The molecule has 0 saturated carbocycles. The van der Waals surface area contributed by atoms with Gasteiger partial charge < -0.3 is 4.42 Å². The molecule has 0 aliphatic rings. The third kappa shape index (κ3) is 1.61. The van der Waals surface area contributed by atoms with Crippen LogP contribution in [0.25, 0.3) is 11.1 Å². The van der Waals surface area contributed by atoms with Crippen molar-refractivity contribution in [2.75, 3.05) is 0 Å². The molecule has 0 aliphatic carbocycles. The minimum atomic E-state index is -4.19. The molecule has 1 heterocycles. The van der Waals surface area contributed by atoms with E-state index < -0.39 is 10.1 Å².